The lowest BCUT2D eigenvalue weighted by atomic mass is 10.1. The van der Waals surface area contributed by atoms with E-state index in [1.807, 2.05) is 25.9 Å². The van der Waals surface area contributed by atoms with E-state index in [2.05, 4.69) is 5.32 Å². The maximum atomic E-state index is 10.8. The van der Waals surface area contributed by atoms with Crippen LogP contribution in [-0.2, 0) is 9.59 Å². The number of amides is 1. The van der Waals surface area contributed by atoms with Crippen molar-refractivity contribution >= 4 is 24.3 Å². The lowest BCUT2D eigenvalue weighted by molar-refractivity contribution is -0.140. The summed E-state index contributed by atoms with van der Waals surface area (Å²) >= 11 is 0. The zero-order valence-electron chi connectivity index (χ0n) is 9.77. The molecule has 6 nitrogen and oxygen atoms in total. The standard InChI is InChI=1S/C9H19N3O3.ClH/c1-6(12(2)3)11-7(9(14)15)4-5-8(10)13;/h6-7,11H,4-5H2,1-3H3,(H2,10,13)(H,14,15);1H. The molecule has 0 bridgehead atoms. The molecular formula is C9H20ClN3O3. The highest BCUT2D eigenvalue weighted by Crippen LogP contribution is 2.00. The number of halogens is 1. The summed E-state index contributed by atoms with van der Waals surface area (Å²) in [6.45, 7) is 1.85. The van der Waals surface area contributed by atoms with Gasteiger partial charge in [-0.05, 0) is 27.4 Å². The van der Waals surface area contributed by atoms with Gasteiger partial charge in [0.05, 0.1) is 6.17 Å². The van der Waals surface area contributed by atoms with Crippen molar-refractivity contribution in [1.82, 2.24) is 10.2 Å². The average Bonchev–Trinajstić information content (AvgIpc) is 2.10. The van der Waals surface area contributed by atoms with Crippen LogP contribution in [0.5, 0.6) is 0 Å². The molecule has 0 aromatic rings. The topological polar surface area (TPSA) is 95.7 Å². The van der Waals surface area contributed by atoms with Gasteiger partial charge in [-0.25, -0.2) is 0 Å². The van der Waals surface area contributed by atoms with Crippen LogP contribution in [0.2, 0.25) is 0 Å². The lowest BCUT2D eigenvalue weighted by Gasteiger charge is -2.25. The van der Waals surface area contributed by atoms with Crippen LogP contribution in [0.4, 0.5) is 0 Å². The molecule has 0 spiro atoms. The Bertz CT molecular complexity index is 236. The highest BCUT2D eigenvalue weighted by Gasteiger charge is 2.20. The lowest BCUT2D eigenvalue weighted by Crippen LogP contribution is -2.48. The fraction of sp³-hybridized carbons (Fsp3) is 0.778. The third kappa shape index (κ3) is 7.44. The molecule has 0 saturated heterocycles. The minimum atomic E-state index is -0.968. The van der Waals surface area contributed by atoms with Gasteiger partial charge in [0, 0.05) is 6.42 Å². The molecule has 0 aromatic heterocycles. The Morgan fingerprint density at radius 3 is 2.25 bits per heavy atom. The van der Waals surface area contributed by atoms with Gasteiger partial charge in [-0.1, -0.05) is 0 Å². The monoisotopic (exact) mass is 253 g/mol. The molecular weight excluding hydrogens is 234 g/mol. The second-order valence-electron chi connectivity index (χ2n) is 3.70. The number of primary amides is 1. The summed E-state index contributed by atoms with van der Waals surface area (Å²) in [6, 6.07) is -0.741. The van der Waals surface area contributed by atoms with E-state index in [1.54, 1.807) is 0 Å². The van der Waals surface area contributed by atoms with E-state index in [4.69, 9.17) is 10.8 Å². The molecule has 96 valence electrons. The molecule has 0 fully saturated rings. The zero-order chi connectivity index (χ0) is 12.0. The molecule has 2 unspecified atom stereocenters. The van der Waals surface area contributed by atoms with Crippen LogP contribution in [-0.4, -0.2) is 48.2 Å². The summed E-state index contributed by atoms with van der Waals surface area (Å²) in [5.74, 6) is -1.45. The van der Waals surface area contributed by atoms with Crippen LogP contribution in [0.1, 0.15) is 19.8 Å². The molecule has 0 rings (SSSR count). The summed E-state index contributed by atoms with van der Waals surface area (Å²) < 4.78 is 0. The Labute approximate surface area is 102 Å². The Kier molecular flexibility index (Phi) is 9.12. The molecule has 0 saturated carbocycles. The number of nitrogens with zero attached hydrogens (tertiary/aromatic N) is 1. The van der Waals surface area contributed by atoms with Gasteiger partial charge in [-0.15, -0.1) is 12.4 Å². The van der Waals surface area contributed by atoms with Crippen LogP contribution in [0, 0.1) is 0 Å². The van der Waals surface area contributed by atoms with Gasteiger partial charge in [0.2, 0.25) is 5.91 Å². The van der Waals surface area contributed by atoms with Crippen molar-refractivity contribution < 1.29 is 14.7 Å². The maximum Gasteiger partial charge on any atom is 0.320 e. The van der Waals surface area contributed by atoms with Crippen molar-refractivity contribution in [3.63, 3.8) is 0 Å². The highest BCUT2D eigenvalue weighted by atomic mass is 35.5. The predicted octanol–water partition coefficient (Wildman–Crippen LogP) is -0.376. The Hall–Kier alpha value is -0.850. The SMILES string of the molecule is CC(NC(CCC(N)=O)C(=O)O)N(C)C.Cl. The van der Waals surface area contributed by atoms with E-state index in [0.29, 0.717) is 0 Å². The van der Waals surface area contributed by atoms with Gasteiger partial charge in [0.15, 0.2) is 0 Å². The van der Waals surface area contributed by atoms with Gasteiger partial charge >= 0.3 is 5.97 Å². The first kappa shape index (κ1) is 17.5. The summed E-state index contributed by atoms with van der Waals surface area (Å²) in [5.41, 5.74) is 4.96. The Morgan fingerprint density at radius 1 is 1.44 bits per heavy atom. The zero-order valence-corrected chi connectivity index (χ0v) is 10.6. The van der Waals surface area contributed by atoms with Crippen LogP contribution in [0.15, 0.2) is 0 Å². The average molecular weight is 254 g/mol. The van der Waals surface area contributed by atoms with Crippen molar-refractivity contribution in [2.75, 3.05) is 14.1 Å². The fourth-order valence-electron chi connectivity index (χ4n) is 1.00. The second-order valence-corrected chi connectivity index (χ2v) is 3.70. The summed E-state index contributed by atoms with van der Waals surface area (Å²) in [5, 5.41) is 11.8. The molecule has 1 amide bonds. The number of aliphatic carboxylic acids is 1. The first-order valence-corrected chi connectivity index (χ1v) is 4.78. The molecule has 0 radical (unpaired) electrons. The molecule has 16 heavy (non-hydrogen) atoms. The Morgan fingerprint density at radius 2 is 1.94 bits per heavy atom. The molecule has 4 N–H and O–H groups in total. The molecule has 7 heteroatoms. The number of nitrogens with two attached hydrogens (primary N) is 1. The van der Waals surface area contributed by atoms with Crippen molar-refractivity contribution in [3.8, 4) is 0 Å². The number of rotatable bonds is 7. The summed E-state index contributed by atoms with van der Waals surface area (Å²) in [7, 11) is 3.68. The number of carbonyl (C=O) groups excluding carboxylic acids is 1. The first-order chi connectivity index (χ1) is 6.84. The maximum absolute atomic E-state index is 10.8. The number of hydrogen-bond donors (Lipinski definition) is 3. The van der Waals surface area contributed by atoms with Gasteiger partial charge in [-0.2, -0.15) is 0 Å². The Balaban J connectivity index is 0. The van der Waals surface area contributed by atoms with Crippen LogP contribution < -0.4 is 11.1 Å². The van der Waals surface area contributed by atoms with E-state index in [9.17, 15) is 9.59 Å². The number of carboxylic acids is 1. The summed E-state index contributed by atoms with van der Waals surface area (Å²) in [6.07, 6.45) is 0.214. The molecule has 0 aromatic carbocycles. The number of hydrogen-bond acceptors (Lipinski definition) is 4. The normalized spacial score (nSPS) is 14.0. The number of nitrogens with one attached hydrogen (secondary N) is 1. The molecule has 0 aliphatic heterocycles. The van der Waals surface area contributed by atoms with Crippen molar-refractivity contribution in [3.05, 3.63) is 0 Å². The third-order valence-electron chi connectivity index (χ3n) is 2.19. The van der Waals surface area contributed by atoms with E-state index in [-0.39, 0.29) is 31.4 Å². The van der Waals surface area contributed by atoms with Crippen LogP contribution in [0.25, 0.3) is 0 Å². The fourth-order valence-corrected chi connectivity index (χ4v) is 1.00. The smallest absolute Gasteiger partial charge is 0.320 e. The third-order valence-corrected chi connectivity index (χ3v) is 2.19. The van der Waals surface area contributed by atoms with Crippen molar-refractivity contribution in [1.29, 1.82) is 0 Å². The van der Waals surface area contributed by atoms with Crippen LogP contribution in [0.3, 0.4) is 0 Å². The molecule has 2 atom stereocenters. The van der Waals surface area contributed by atoms with Gasteiger partial charge in [0.1, 0.15) is 6.04 Å². The highest BCUT2D eigenvalue weighted by molar-refractivity contribution is 5.85. The van der Waals surface area contributed by atoms with Crippen molar-refractivity contribution in [2.45, 2.75) is 32.0 Å². The first-order valence-electron chi connectivity index (χ1n) is 4.78. The largest absolute Gasteiger partial charge is 0.480 e. The van der Waals surface area contributed by atoms with Crippen molar-refractivity contribution in [2.24, 2.45) is 5.73 Å². The van der Waals surface area contributed by atoms with Gasteiger partial charge in [-0.3, -0.25) is 19.8 Å². The van der Waals surface area contributed by atoms with E-state index in [0.717, 1.165) is 0 Å². The summed E-state index contributed by atoms with van der Waals surface area (Å²) in [4.78, 5) is 23.2. The van der Waals surface area contributed by atoms with E-state index < -0.39 is 17.9 Å². The van der Waals surface area contributed by atoms with E-state index in [1.165, 1.54) is 0 Å². The van der Waals surface area contributed by atoms with Gasteiger partial charge < -0.3 is 10.8 Å². The van der Waals surface area contributed by atoms with Crippen LogP contribution >= 0.6 is 12.4 Å². The molecule has 0 aliphatic carbocycles. The predicted molar refractivity (Wildman–Crippen MR) is 63.4 cm³/mol. The minimum Gasteiger partial charge on any atom is -0.480 e. The quantitative estimate of drug-likeness (QED) is 0.538. The molecule has 0 aliphatic rings. The minimum absolute atomic E-state index is 0. The van der Waals surface area contributed by atoms with E-state index >= 15 is 0 Å². The number of carboxylic acid groups (broad SMARTS) is 1. The van der Waals surface area contributed by atoms with Gasteiger partial charge in [0.25, 0.3) is 0 Å². The number of carbonyl (C=O) groups is 2. The second kappa shape index (κ2) is 8.32. The molecule has 0 heterocycles.